The number of benzene rings is 1. The van der Waals surface area contributed by atoms with Crippen molar-refractivity contribution >= 4 is 25.6 Å². The predicted octanol–water partition coefficient (Wildman–Crippen LogP) is 2.24. The normalized spacial score (nSPS) is 11.3. The number of nitrogens with zero attached hydrogens (tertiary/aromatic N) is 1. The van der Waals surface area contributed by atoms with Crippen LogP contribution in [0.5, 0.6) is 0 Å². The Bertz CT molecular complexity index is 555. The van der Waals surface area contributed by atoms with Gasteiger partial charge in [0.25, 0.3) is 15.0 Å². The van der Waals surface area contributed by atoms with Crippen molar-refractivity contribution in [3.63, 3.8) is 0 Å². The van der Waals surface area contributed by atoms with Gasteiger partial charge in [0, 0.05) is 23.8 Å². The van der Waals surface area contributed by atoms with E-state index in [1.807, 2.05) is 0 Å². The molecule has 1 aromatic carbocycles. The van der Waals surface area contributed by atoms with E-state index in [1.165, 1.54) is 4.90 Å². The molecule has 7 heteroatoms. The van der Waals surface area contributed by atoms with E-state index in [1.54, 1.807) is 13.8 Å². The number of rotatable bonds is 4. The van der Waals surface area contributed by atoms with Crippen LogP contribution in [-0.2, 0) is 9.05 Å². The Morgan fingerprint density at radius 1 is 1.33 bits per heavy atom. The molecule has 1 aromatic rings. The van der Waals surface area contributed by atoms with Gasteiger partial charge in [0.1, 0.15) is 5.82 Å². The predicted molar refractivity (Wildman–Crippen MR) is 66.7 cm³/mol. The highest BCUT2D eigenvalue weighted by molar-refractivity contribution is 8.13. The molecular formula is C11H13ClFNO3S. The first kappa shape index (κ1) is 14.9. The average molecular weight is 294 g/mol. The summed E-state index contributed by atoms with van der Waals surface area (Å²) >= 11 is 0. The summed E-state index contributed by atoms with van der Waals surface area (Å²) in [6, 6.07) is 2.90. The topological polar surface area (TPSA) is 54.5 Å². The van der Waals surface area contributed by atoms with Crippen LogP contribution in [0.25, 0.3) is 0 Å². The Kier molecular flexibility index (Phi) is 4.70. The Morgan fingerprint density at radius 2 is 1.89 bits per heavy atom. The zero-order chi connectivity index (χ0) is 13.9. The minimum Gasteiger partial charge on any atom is -0.339 e. The fourth-order valence-electron chi connectivity index (χ4n) is 1.50. The maximum atomic E-state index is 13.6. The van der Waals surface area contributed by atoms with Gasteiger partial charge >= 0.3 is 0 Å². The summed E-state index contributed by atoms with van der Waals surface area (Å²) in [5.41, 5.74) is -0.291. The van der Waals surface area contributed by atoms with E-state index >= 15 is 0 Å². The first-order valence-corrected chi connectivity index (χ1v) is 7.65. The highest BCUT2D eigenvalue weighted by Gasteiger charge is 2.20. The molecule has 0 fully saturated rings. The van der Waals surface area contributed by atoms with Crippen molar-refractivity contribution in [2.24, 2.45) is 0 Å². The van der Waals surface area contributed by atoms with Crippen LogP contribution in [0.3, 0.4) is 0 Å². The fraction of sp³-hybridized carbons (Fsp3) is 0.364. The van der Waals surface area contributed by atoms with E-state index in [-0.39, 0.29) is 10.5 Å². The fourth-order valence-corrected chi connectivity index (χ4v) is 2.28. The van der Waals surface area contributed by atoms with Crippen molar-refractivity contribution in [2.75, 3.05) is 13.1 Å². The molecule has 0 spiro atoms. The Morgan fingerprint density at radius 3 is 2.33 bits per heavy atom. The molecule has 1 rings (SSSR count). The van der Waals surface area contributed by atoms with Crippen LogP contribution in [-0.4, -0.2) is 32.3 Å². The van der Waals surface area contributed by atoms with Crippen molar-refractivity contribution < 1.29 is 17.6 Å². The molecular weight excluding hydrogens is 281 g/mol. The molecule has 1 amide bonds. The van der Waals surface area contributed by atoms with Crippen LogP contribution in [0.15, 0.2) is 23.1 Å². The summed E-state index contributed by atoms with van der Waals surface area (Å²) in [7, 11) is 1.18. The SMILES string of the molecule is CCN(CC)C(=O)c1cc(S(=O)(=O)Cl)ccc1F. The minimum atomic E-state index is -3.98. The highest BCUT2D eigenvalue weighted by Crippen LogP contribution is 2.19. The summed E-state index contributed by atoms with van der Waals surface area (Å²) in [6.45, 7) is 4.32. The van der Waals surface area contributed by atoms with Gasteiger partial charge in [0.15, 0.2) is 0 Å². The van der Waals surface area contributed by atoms with Crippen LogP contribution >= 0.6 is 10.7 Å². The zero-order valence-corrected chi connectivity index (χ0v) is 11.6. The summed E-state index contributed by atoms with van der Waals surface area (Å²) < 4.78 is 35.8. The largest absolute Gasteiger partial charge is 0.339 e. The van der Waals surface area contributed by atoms with Crippen LogP contribution in [0, 0.1) is 5.82 Å². The lowest BCUT2D eigenvalue weighted by Gasteiger charge is -2.19. The van der Waals surface area contributed by atoms with Gasteiger partial charge < -0.3 is 4.90 Å². The van der Waals surface area contributed by atoms with Gasteiger partial charge in [0.05, 0.1) is 10.5 Å². The molecule has 0 atom stereocenters. The van der Waals surface area contributed by atoms with Crippen LogP contribution in [0.2, 0.25) is 0 Å². The number of carbonyl (C=O) groups is 1. The number of amides is 1. The van der Waals surface area contributed by atoms with E-state index in [2.05, 4.69) is 0 Å². The zero-order valence-electron chi connectivity index (χ0n) is 9.98. The summed E-state index contributed by atoms with van der Waals surface area (Å²) in [6.07, 6.45) is 0. The number of hydrogen-bond acceptors (Lipinski definition) is 3. The van der Waals surface area contributed by atoms with Crippen molar-refractivity contribution in [1.82, 2.24) is 4.90 Å². The second-order valence-corrected chi connectivity index (χ2v) is 6.12. The van der Waals surface area contributed by atoms with Gasteiger partial charge in [-0.25, -0.2) is 12.8 Å². The monoisotopic (exact) mass is 293 g/mol. The van der Waals surface area contributed by atoms with E-state index < -0.39 is 20.8 Å². The number of halogens is 2. The van der Waals surface area contributed by atoms with Gasteiger partial charge in [-0.3, -0.25) is 4.79 Å². The van der Waals surface area contributed by atoms with Crippen molar-refractivity contribution in [2.45, 2.75) is 18.7 Å². The minimum absolute atomic E-state index is 0.291. The van der Waals surface area contributed by atoms with Gasteiger partial charge in [-0.2, -0.15) is 0 Å². The van der Waals surface area contributed by atoms with E-state index in [0.29, 0.717) is 13.1 Å². The number of carbonyl (C=O) groups excluding carboxylic acids is 1. The second kappa shape index (κ2) is 5.67. The Labute approximate surface area is 110 Å². The molecule has 18 heavy (non-hydrogen) atoms. The lowest BCUT2D eigenvalue weighted by atomic mass is 10.2. The van der Waals surface area contributed by atoms with Crippen LogP contribution < -0.4 is 0 Å². The molecule has 4 nitrogen and oxygen atoms in total. The molecule has 0 aliphatic rings. The molecule has 0 heterocycles. The summed E-state index contributed by atoms with van der Waals surface area (Å²) in [4.78, 5) is 13.1. The first-order valence-electron chi connectivity index (χ1n) is 5.34. The molecule has 0 bridgehead atoms. The van der Waals surface area contributed by atoms with Crippen molar-refractivity contribution in [3.05, 3.63) is 29.6 Å². The molecule has 100 valence electrons. The third-order valence-electron chi connectivity index (χ3n) is 2.50. The number of hydrogen-bond donors (Lipinski definition) is 0. The van der Waals surface area contributed by atoms with Crippen LogP contribution in [0.1, 0.15) is 24.2 Å². The summed E-state index contributed by atoms with van der Waals surface area (Å²) in [5, 5.41) is 0. The van der Waals surface area contributed by atoms with Crippen molar-refractivity contribution in [1.29, 1.82) is 0 Å². The standard InChI is InChI=1S/C11H13ClFNO3S/c1-3-14(4-2)11(15)9-7-8(18(12,16)17)5-6-10(9)13/h5-7H,3-4H2,1-2H3. The average Bonchev–Trinajstić information content (AvgIpc) is 2.29. The molecule has 0 aliphatic carbocycles. The van der Waals surface area contributed by atoms with Crippen molar-refractivity contribution in [3.8, 4) is 0 Å². The Balaban J connectivity index is 3.28. The lowest BCUT2D eigenvalue weighted by molar-refractivity contribution is 0.0768. The molecule has 0 saturated carbocycles. The molecule has 0 N–H and O–H groups in total. The van der Waals surface area contributed by atoms with E-state index in [4.69, 9.17) is 10.7 Å². The van der Waals surface area contributed by atoms with Gasteiger partial charge in [-0.1, -0.05) is 0 Å². The van der Waals surface area contributed by atoms with Crippen LogP contribution in [0.4, 0.5) is 4.39 Å². The maximum Gasteiger partial charge on any atom is 0.261 e. The van der Waals surface area contributed by atoms with E-state index in [9.17, 15) is 17.6 Å². The summed E-state index contributed by atoms with van der Waals surface area (Å²) in [5.74, 6) is -1.32. The maximum absolute atomic E-state index is 13.6. The Hall–Kier alpha value is -1.14. The third-order valence-corrected chi connectivity index (χ3v) is 3.85. The van der Waals surface area contributed by atoms with E-state index in [0.717, 1.165) is 18.2 Å². The van der Waals surface area contributed by atoms with Gasteiger partial charge in [-0.05, 0) is 32.0 Å². The molecule has 0 radical (unpaired) electrons. The quantitative estimate of drug-likeness (QED) is 0.800. The third kappa shape index (κ3) is 3.20. The molecule has 0 saturated heterocycles. The molecule has 0 aromatic heterocycles. The first-order chi connectivity index (χ1) is 8.31. The van der Waals surface area contributed by atoms with Gasteiger partial charge in [0.2, 0.25) is 0 Å². The second-order valence-electron chi connectivity index (χ2n) is 3.56. The smallest absolute Gasteiger partial charge is 0.261 e. The highest BCUT2D eigenvalue weighted by atomic mass is 35.7. The lowest BCUT2D eigenvalue weighted by Crippen LogP contribution is -2.31. The molecule has 0 unspecified atom stereocenters. The van der Waals surface area contributed by atoms with Gasteiger partial charge in [-0.15, -0.1) is 0 Å². The molecule has 0 aliphatic heterocycles.